The van der Waals surface area contributed by atoms with Crippen LogP contribution < -0.4 is 5.32 Å². The van der Waals surface area contributed by atoms with Gasteiger partial charge in [-0.1, -0.05) is 0 Å². The molecule has 2 heterocycles. The van der Waals surface area contributed by atoms with E-state index in [4.69, 9.17) is 0 Å². The molecule has 0 unspecified atom stereocenters. The molecule has 8 nitrogen and oxygen atoms in total. The van der Waals surface area contributed by atoms with E-state index in [1.54, 1.807) is 7.05 Å². The zero-order valence-corrected chi connectivity index (χ0v) is 11.8. The van der Waals surface area contributed by atoms with Crippen LogP contribution in [0.4, 0.5) is 5.69 Å². The number of sulfonamides is 1. The van der Waals surface area contributed by atoms with E-state index in [0.717, 1.165) is 25.1 Å². The van der Waals surface area contributed by atoms with Crippen molar-refractivity contribution in [1.29, 1.82) is 0 Å². The fraction of sp³-hybridized carbons (Fsp3) is 0.545. The predicted octanol–water partition coefficient (Wildman–Crippen LogP) is 0.362. The smallest absolute Gasteiger partial charge is 0.287 e. The predicted molar refractivity (Wildman–Crippen MR) is 71.7 cm³/mol. The Morgan fingerprint density at radius 3 is 2.80 bits per heavy atom. The van der Waals surface area contributed by atoms with Crippen LogP contribution in [0.25, 0.3) is 0 Å². The Bertz CT molecular complexity index is 587. The van der Waals surface area contributed by atoms with Gasteiger partial charge in [0.25, 0.3) is 15.7 Å². The average Bonchev–Trinajstić information content (AvgIpc) is 2.47. The molecular formula is C11H16N4O4S. The molecule has 1 aliphatic rings. The number of nitro groups is 1. The van der Waals surface area contributed by atoms with Crippen molar-refractivity contribution in [2.75, 3.05) is 20.1 Å². The van der Waals surface area contributed by atoms with Gasteiger partial charge >= 0.3 is 0 Å². The van der Waals surface area contributed by atoms with Crippen LogP contribution in [0.3, 0.4) is 0 Å². The number of pyridine rings is 1. The van der Waals surface area contributed by atoms with Gasteiger partial charge < -0.3 is 5.32 Å². The van der Waals surface area contributed by atoms with Crippen LogP contribution in [0.2, 0.25) is 0 Å². The van der Waals surface area contributed by atoms with Crippen LogP contribution in [0.15, 0.2) is 23.4 Å². The summed E-state index contributed by atoms with van der Waals surface area (Å²) in [4.78, 5) is 13.6. The van der Waals surface area contributed by atoms with Crippen molar-refractivity contribution in [2.45, 2.75) is 23.9 Å². The molecule has 2 rings (SSSR count). The topological polar surface area (TPSA) is 105 Å². The molecule has 0 radical (unpaired) electrons. The molecule has 0 spiro atoms. The standard InChI is InChI=1S/C11H16N4O4S/c1-12-9-3-2-6-14(8-9)20(18,19)11-5-4-10(7-13-11)15(16)17/h4-5,7,9,12H,2-3,6,8H2,1H3/t9-/m1/s1. The van der Waals surface area contributed by atoms with Gasteiger partial charge in [0, 0.05) is 25.2 Å². The van der Waals surface area contributed by atoms with E-state index in [1.165, 1.54) is 10.4 Å². The lowest BCUT2D eigenvalue weighted by atomic mass is 10.1. The summed E-state index contributed by atoms with van der Waals surface area (Å²) in [6.45, 7) is 0.830. The van der Waals surface area contributed by atoms with Crippen LogP contribution in [0, 0.1) is 10.1 Å². The summed E-state index contributed by atoms with van der Waals surface area (Å²) >= 11 is 0. The molecule has 0 amide bonds. The fourth-order valence-corrected chi connectivity index (χ4v) is 3.60. The van der Waals surface area contributed by atoms with E-state index >= 15 is 0 Å². The van der Waals surface area contributed by atoms with Crippen molar-refractivity contribution in [1.82, 2.24) is 14.6 Å². The number of hydrogen-bond acceptors (Lipinski definition) is 6. The van der Waals surface area contributed by atoms with Gasteiger partial charge in [0.1, 0.15) is 6.20 Å². The maximum atomic E-state index is 12.4. The van der Waals surface area contributed by atoms with Gasteiger partial charge in [-0.2, -0.15) is 4.31 Å². The molecule has 1 aromatic heterocycles. The molecule has 1 aliphatic heterocycles. The second-order valence-corrected chi connectivity index (χ2v) is 6.49. The normalized spacial score (nSPS) is 20.8. The van der Waals surface area contributed by atoms with Crippen molar-refractivity contribution in [3.63, 3.8) is 0 Å². The molecule has 0 bridgehead atoms. The Kier molecular flexibility index (Phi) is 4.31. The molecular weight excluding hydrogens is 284 g/mol. The molecule has 1 fully saturated rings. The average molecular weight is 300 g/mol. The first kappa shape index (κ1) is 14.8. The van der Waals surface area contributed by atoms with Crippen molar-refractivity contribution < 1.29 is 13.3 Å². The largest absolute Gasteiger partial charge is 0.316 e. The monoisotopic (exact) mass is 300 g/mol. The number of piperidine rings is 1. The van der Waals surface area contributed by atoms with Crippen molar-refractivity contribution in [3.8, 4) is 0 Å². The van der Waals surface area contributed by atoms with E-state index in [2.05, 4.69) is 10.3 Å². The van der Waals surface area contributed by atoms with Crippen molar-refractivity contribution in [2.24, 2.45) is 0 Å². The highest BCUT2D eigenvalue weighted by Crippen LogP contribution is 2.20. The Morgan fingerprint density at radius 1 is 1.50 bits per heavy atom. The Labute approximate surface area is 117 Å². The first-order chi connectivity index (χ1) is 9.45. The minimum absolute atomic E-state index is 0.122. The van der Waals surface area contributed by atoms with Crippen LogP contribution in [0.5, 0.6) is 0 Å². The zero-order chi connectivity index (χ0) is 14.8. The molecule has 9 heteroatoms. The van der Waals surface area contributed by atoms with Crippen LogP contribution in [0.1, 0.15) is 12.8 Å². The number of likely N-dealkylation sites (N-methyl/N-ethyl adjacent to an activating group) is 1. The van der Waals surface area contributed by atoms with E-state index < -0.39 is 14.9 Å². The Balaban J connectivity index is 2.23. The molecule has 20 heavy (non-hydrogen) atoms. The first-order valence-electron chi connectivity index (χ1n) is 6.23. The highest BCUT2D eigenvalue weighted by Gasteiger charge is 2.30. The minimum atomic E-state index is -3.69. The van der Waals surface area contributed by atoms with Gasteiger partial charge in [-0.15, -0.1) is 0 Å². The number of aromatic nitrogens is 1. The zero-order valence-electron chi connectivity index (χ0n) is 11.0. The third-order valence-corrected chi connectivity index (χ3v) is 5.11. The quantitative estimate of drug-likeness (QED) is 0.636. The maximum absolute atomic E-state index is 12.4. The summed E-state index contributed by atoms with van der Waals surface area (Å²) in [6, 6.07) is 2.45. The summed E-state index contributed by atoms with van der Waals surface area (Å²) in [5, 5.41) is 13.5. The van der Waals surface area contributed by atoms with Gasteiger partial charge in [-0.25, -0.2) is 13.4 Å². The van der Waals surface area contributed by atoms with Crippen LogP contribution in [-0.4, -0.2) is 48.8 Å². The van der Waals surface area contributed by atoms with Gasteiger partial charge in [0.15, 0.2) is 5.03 Å². The summed E-state index contributed by atoms with van der Waals surface area (Å²) in [5.41, 5.74) is -0.226. The summed E-state index contributed by atoms with van der Waals surface area (Å²) < 4.78 is 26.2. The summed E-state index contributed by atoms with van der Waals surface area (Å²) in [7, 11) is -1.89. The molecule has 0 aliphatic carbocycles. The van der Waals surface area contributed by atoms with E-state index in [-0.39, 0.29) is 16.8 Å². The summed E-state index contributed by atoms with van der Waals surface area (Å²) in [6.07, 6.45) is 2.67. The van der Waals surface area contributed by atoms with Crippen molar-refractivity contribution >= 4 is 15.7 Å². The van der Waals surface area contributed by atoms with E-state index in [9.17, 15) is 18.5 Å². The van der Waals surface area contributed by atoms with Crippen LogP contribution >= 0.6 is 0 Å². The number of nitrogens with one attached hydrogen (secondary N) is 1. The molecule has 110 valence electrons. The van der Waals surface area contributed by atoms with Crippen LogP contribution in [-0.2, 0) is 10.0 Å². The molecule has 0 aromatic carbocycles. The van der Waals surface area contributed by atoms with Crippen molar-refractivity contribution in [3.05, 3.63) is 28.4 Å². The van der Waals surface area contributed by atoms with Gasteiger partial charge in [-0.3, -0.25) is 10.1 Å². The highest BCUT2D eigenvalue weighted by atomic mass is 32.2. The Hall–Kier alpha value is -1.58. The molecule has 1 N–H and O–H groups in total. The molecule has 1 saturated heterocycles. The minimum Gasteiger partial charge on any atom is -0.316 e. The van der Waals surface area contributed by atoms with Gasteiger partial charge in [0.05, 0.1) is 4.92 Å². The molecule has 1 atom stereocenters. The van der Waals surface area contributed by atoms with E-state index in [1.807, 2.05) is 0 Å². The van der Waals surface area contributed by atoms with E-state index in [0.29, 0.717) is 13.1 Å². The third kappa shape index (κ3) is 2.94. The third-order valence-electron chi connectivity index (χ3n) is 3.33. The summed E-state index contributed by atoms with van der Waals surface area (Å²) in [5.74, 6) is 0. The highest BCUT2D eigenvalue weighted by molar-refractivity contribution is 7.89. The maximum Gasteiger partial charge on any atom is 0.287 e. The number of rotatable bonds is 4. The SMILES string of the molecule is CN[C@@H]1CCCN(S(=O)(=O)c2ccc([N+](=O)[O-])cn2)C1. The Morgan fingerprint density at radius 2 is 2.25 bits per heavy atom. The number of hydrogen-bond donors (Lipinski definition) is 1. The number of nitrogens with zero attached hydrogens (tertiary/aromatic N) is 3. The lowest BCUT2D eigenvalue weighted by Gasteiger charge is -2.31. The fourth-order valence-electron chi connectivity index (χ4n) is 2.16. The first-order valence-corrected chi connectivity index (χ1v) is 7.67. The lowest BCUT2D eigenvalue weighted by molar-refractivity contribution is -0.385. The molecule has 0 saturated carbocycles. The molecule has 1 aromatic rings. The second-order valence-electron chi connectivity index (χ2n) is 4.60. The van der Waals surface area contributed by atoms with Gasteiger partial charge in [-0.05, 0) is 26.0 Å². The second kappa shape index (κ2) is 5.81. The van der Waals surface area contributed by atoms with Gasteiger partial charge in [0.2, 0.25) is 0 Å². The lowest BCUT2D eigenvalue weighted by Crippen LogP contribution is -2.47.